The van der Waals surface area contributed by atoms with Crippen LogP contribution in [0.15, 0.2) is 24.3 Å². The van der Waals surface area contributed by atoms with Crippen molar-refractivity contribution in [1.29, 1.82) is 0 Å². The summed E-state index contributed by atoms with van der Waals surface area (Å²) in [4.78, 5) is 32.8. The highest BCUT2D eigenvalue weighted by atomic mass is 16.2. The quantitative estimate of drug-likeness (QED) is 0.673. The summed E-state index contributed by atoms with van der Waals surface area (Å²) in [5, 5.41) is 4.49. The molecule has 0 atom stereocenters. The Morgan fingerprint density at radius 3 is 2.41 bits per heavy atom. The Labute approximate surface area is 204 Å². The molecule has 1 aromatic heterocycles. The highest BCUT2D eigenvalue weighted by Crippen LogP contribution is 2.25. The molecule has 186 valence electrons. The minimum Gasteiger partial charge on any atom is -0.337 e. The molecule has 34 heavy (non-hydrogen) atoms. The highest BCUT2D eigenvalue weighted by molar-refractivity contribution is 5.94. The Morgan fingerprint density at radius 2 is 1.74 bits per heavy atom. The summed E-state index contributed by atoms with van der Waals surface area (Å²) in [6.07, 6.45) is 2.57. The lowest BCUT2D eigenvalue weighted by atomic mass is 10.1. The molecule has 1 aliphatic heterocycles. The number of rotatable bonds is 5. The molecule has 2 amide bonds. The van der Waals surface area contributed by atoms with Gasteiger partial charge in [0.1, 0.15) is 0 Å². The zero-order valence-electron chi connectivity index (χ0n) is 21.8. The van der Waals surface area contributed by atoms with Crippen LogP contribution in [-0.2, 0) is 29.6 Å². The number of nitrogens with zero attached hydrogens (tertiary/aromatic N) is 5. The van der Waals surface area contributed by atoms with E-state index in [4.69, 9.17) is 0 Å². The van der Waals surface area contributed by atoms with Crippen LogP contribution in [0.3, 0.4) is 0 Å². The monoisotopic (exact) mass is 467 g/mol. The third-order valence-electron chi connectivity index (χ3n) is 6.80. The lowest BCUT2D eigenvalue weighted by Crippen LogP contribution is -2.37. The largest absolute Gasteiger partial charge is 0.337 e. The lowest BCUT2D eigenvalue weighted by Gasteiger charge is -2.28. The van der Waals surface area contributed by atoms with E-state index in [2.05, 4.69) is 43.9 Å². The van der Waals surface area contributed by atoms with Crippen LogP contribution in [0.25, 0.3) is 0 Å². The third kappa shape index (κ3) is 6.47. The van der Waals surface area contributed by atoms with E-state index in [1.54, 1.807) is 0 Å². The molecule has 0 fully saturated rings. The predicted octanol–water partition coefficient (Wildman–Crippen LogP) is 3.71. The summed E-state index contributed by atoms with van der Waals surface area (Å²) >= 11 is 0. The minimum atomic E-state index is 0.144. The van der Waals surface area contributed by atoms with Gasteiger partial charge in [0.15, 0.2) is 0 Å². The first-order chi connectivity index (χ1) is 16.2. The van der Waals surface area contributed by atoms with Crippen molar-refractivity contribution in [3.63, 3.8) is 0 Å². The SMILES string of the molecule is Cc1nn(C)c(C)c1CCC(=O)N1CCN(C)CCCN(C(=O)CC(C)C)c2ccccc2C1. The van der Waals surface area contributed by atoms with Gasteiger partial charge in [-0.25, -0.2) is 0 Å². The molecule has 0 bridgehead atoms. The Bertz CT molecular complexity index is 997. The average Bonchev–Trinajstić information content (AvgIpc) is 3.01. The van der Waals surface area contributed by atoms with Crippen LogP contribution in [0.2, 0.25) is 0 Å². The fourth-order valence-corrected chi connectivity index (χ4v) is 4.72. The predicted molar refractivity (Wildman–Crippen MR) is 137 cm³/mol. The zero-order valence-corrected chi connectivity index (χ0v) is 21.8. The van der Waals surface area contributed by atoms with E-state index >= 15 is 0 Å². The molecule has 0 aliphatic carbocycles. The normalized spacial score (nSPS) is 15.9. The van der Waals surface area contributed by atoms with E-state index in [1.807, 2.05) is 46.7 Å². The molecule has 0 N–H and O–H groups in total. The average molecular weight is 468 g/mol. The first-order valence-corrected chi connectivity index (χ1v) is 12.5. The number of aromatic nitrogens is 2. The number of carbonyl (C=O) groups is 2. The van der Waals surface area contributed by atoms with E-state index < -0.39 is 0 Å². The van der Waals surface area contributed by atoms with Gasteiger partial charge in [-0.2, -0.15) is 5.10 Å². The number of aryl methyl sites for hydroxylation is 2. The number of amides is 2. The van der Waals surface area contributed by atoms with Crippen molar-refractivity contribution in [3.05, 3.63) is 46.8 Å². The Kier molecular flexibility index (Phi) is 8.89. The van der Waals surface area contributed by atoms with Gasteiger partial charge in [0.05, 0.1) is 5.69 Å². The van der Waals surface area contributed by atoms with Crippen molar-refractivity contribution in [2.45, 2.75) is 59.9 Å². The molecule has 2 aromatic rings. The Hall–Kier alpha value is -2.67. The molecule has 7 heteroatoms. The van der Waals surface area contributed by atoms with Gasteiger partial charge in [-0.15, -0.1) is 0 Å². The summed E-state index contributed by atoms with van der Waals surface area (Å²) in [5.74, 6) is 0.605. The van der Waals surface area contributed by atoms with Gasteiger partial charge in [0, 0.05) is 57.4 Å². The first-order valence-electron chi connectivity index (χ1n) is 12.5. The van der Waals surface area contributed by atoms with E-state index in [0.29, 0.717) is 44.8 Å². The molecule has 3 rings (SSSR count). The van der Waals surface area contributed by atoms with Crippen molar-refractivity contribution in [2.75, 3.05) is 38.1 Å². The van der Waals surface area contributed by atoms with Gasteiger partial charge in [0.2, 0.25) is 11.8 Å². The molecule has 0 saturated heterocycles. The van der Waals surface area contributed by atoms with Crippen molar-refractivity contribution in [2.24, 2.45) is 13.0 Å². The third-order valence-corrected chi connectivity index (χ3v) is 6.80. The molecule has 1 aliphatic rings. The fraction of sp³-hybridized carbons (Fsp3) is 0.593. The number of carbonyl (C=O) groups excluding carboxylic acids is 2. The van der Waals surface area contributed by atoms with Gasteiger partial charge in [0.25, 0.3) is 0 Å². The molecule has 1 aromatic carbocycles. The van der Waals surface area contributed by atoms with Crippen LogP contribution in [0.5, 0.6) is 0 Å². The number of anilines is 1. The molecule has 0 saturated carbocycles. The number of likely N-dealkylation sites (N-methyl/N-ethyl adjacent to an activating group) is 1. The summed E-state index contributed by atoms with van der Waals surface area (Å²) in [5.41, 5.74) is 5.25. The summed E-state index contributed by atoms with van der Waals surface area (Å²) in [6.45, 7) is 11.8. The second-order valence-corrected chi connectivity index (χ2v) is 10.0. The van der Waals surface area contributed by atoms with Crippen LogP contribution < -0.4 is 4.90 Å². The van der Waals surface area contributed by atoms with Gasteiger partial charge in [-0.1, -0.05) is 32.0 Å². The number of para-hydroxylation sites is 1. The number of fused-ring (bicyclic) bond motifs is 1. The van der Waals surface area contributed by atoms with Gasteiger partial charge in [-0.3, -0.25) is 14.3 Å². The highest BCUT2D eigenvalue weighted by Gasteiger charge is 2.23. The maximum Gasteiger partial charge on any atom is 0.227 e. The number of hydrogen-bond acceptors (Lipinski definition) is 4. The zero-order chi connectivity index (χ0) is 24.8. The fourth-order valence-electron chi connectivity index (χ4n) is 4.72. The smallest absolute Gasteiger partial charge is 0.227 e. The van der Waals surface area contributed by atoms with Crippen molar-refractivity contribution >= 4 is 17.5 Å². The maximum atomic E-state index is 13.4. The van der Waals surface area contributed by atoms with Gasteiger partial charge < -0.3 is 14.7 Å². The van der Waals surface area contributed by atoms with Crippen LogP contribution in [0, 0.1) is 19.8 Å². The molecule has 7 nitrogen and oxygen atoms in total. The first kappa shape index (κ1) is 25.9. The maximum absolute atomic E-state index is 13.4. The van der Waals surface area contributed by atoms with E-state index in [-0.39, 0.29) is 11.8 Å². The molecular formula is C27H41N5O2. The van der Waals surface area contributed by atoms with Crippen molar-refractivity contribution < 1.29 is 9.59 Å². The number of hydrogen-bond donors (Lipinski definition) is 0. The minimum absolute atomic E-state index is 0.144. The Balaban J connectivity index is 1.85. The molecular weight excluding hydrogens is 426 g/mol. The molecule has 0 spiro atoms. The lowest BCUT2D eigenvalue weighted by molar-refractivity contribution is -0.132. The summed E-state index contributed by atoms with van der Waals surface area (Å²) in [6, 6.07) is 8.07. The van der Waals surface area contributed by atoms with E-state index in [1.165, 1.54) is 0 Å². The van der Waals surface area contributed by atoms with Crippen LogP contribution in [-0.4, -0.2) is 64.6 Å². The summed E-state index contributed by atoms with van der Waals surface area (Å²) < 4.78 is 1.89. The summed E-state index contributed by atoms with van der Waals surface area (Å²) in [7, 11) is 4.04. The second-order valence-electron chi connectivity index (χ2n) is 10.0. The van der Waals surface area contributed by atoms with Crippen LogP contribution in [0.1, 0.15) is 55.6 Å². The second kappa shape index (κ2) is 11.6. The van der Waals surface area contributed by atoms with E-state index in [9.17, 15) is 9.59 Å². The number of benzene rings is 1. The van der Waals surface area contributed by atoms with Gasteiger partial charge in [-0.05, 0) is 63.4 Å². The van der Waals surface area contributed by atoms with Crippen molar-refractivity contribution in [1.82, 2.24) is 19.6 Å². The molecule has 0 radical (unpaired) electrons. The van der Waals surface area contributed by atoms with Crippen LogP contribution in [0.4, 0.5) is 5.69 Å². The van der Waals surface area contributed by atoms with Gasteiger partial charge >= 0.3 is 0 Å². The molecule has 0 unspecified atom stereocenters. The van der Waals surface area contributed by atoms with Crippen molar-refractivity contribution in [3.8, 4) is 0 Å². The van der Waals surface area contributed by atoms with Crippen LogP contribution >= 0.6 is 0 Å². The van der Waals surface area contributed by atoms with E-state index in [0.717, 1.165) is 47.7 Å². The Morgan fingerprint density at radius 1 is 1.00 bits per heavy atom. The molecule has 2 heterocycles. The topological polar surface area (TPSA) is 61.7 Å². The standard InChI is InChI=1S/C27H41N5O2/c1-20(2)18-27(34)32-15-9-14-29(5)16-17-31(19-23-10-7-8-11-25(23)32)26(33)13-12-24-21(3)28-30(6)22(24)4/h7-8,10-11,20H,9,12-19H2,1-6H3.